The van der Waals surface area contributed by atoms with Gasteiger partial charge in [0.2, 0.25) is 5.91 Å². The van der Waals surface area contributed by atoms with Crippen LogP contribution in [-0.4, -0.2) is 48.4 Å². The van der Waals surface area contributed by atoms with Crippen molar-refractivity contribution < 1.29 is 4.79 Å². The van der Waals surface area contributed by atoms with Gasteiger partial charge in [-0.1, -0.05) is 38.1 Å². The van der Waals surface area contributed by atoms with E-state index >= 15 is 0 Å². The predicted octanol–water partition coefficient (Wildman–Crippen LogP) is 4.32. The van der Waals surface area contributed by atoms with Crippen molar-refractivity contribution >= 4 is 5.91 Å². The van der Waals surface area contributed by atoms with Gasteiger partial charge in [0.15, 0.2) is 0 Å². The van der Waals surface area contributed by atoms with Gasteiger partial charge in [0.05, 0.1) is 0 Å². The zero-order chi connectivity index (χ0) is 18.8. The van der Waals surface area contributed by atoms with Gasteiger partial charge in [-0.2, -0.15) is 0 Å². The van der Waals surface area contributed by atoms with Crippen molar-refractivity contribution in [2.24, 2.45) is 17.8 Å². The third-order valence-electron chi connectivity index (χ3n) is 7.19. The Bertz CT molecular complexity index is 630. The topological polar surface area (TPSA) is 23.6 Å². The van der Waals surface area contributed by atoms with Crippen molar-refractivity contribution in [3.05, 3.63) is 35.4 Å². The van der Waals surface area contributed by atoms with E-state index < -0.39 is 0 Å². The third kappa shape index (κ3) is 4.39. The Hall–Kier alpha value is -1.35. The fourth-order valence-corrected chi connectivity index (χ4v) is 5.29. The Morgan fingerprint density at radius 3 is 2.44 bits per heavy atom. The Labute approximate surface area is 165 Å². The molecule has 1 aliphatic carbocycles. The molecule has 2 heterocycles. The highest BCUT2D eigenvalue weighted by Gasteiger charge is 2.41. The number of amides is 1. The highest BCUT2D eigenvalue weighted by atomic mass is 16.2. The minimum atomic E-state index is 0.353. The summed E-state index contributed by atoms with van der Waals surface area (Å²) < 4.78 is 0. The number of hydrogen-bond donors (Lipinski definition) is 0. The second kappa shape index (κ2) is 8.34. The number of carbonyl (C=O) groups is 1. The summed E-state index contributed by atoms with van der Waals surface area (Å²) >= 11 is 0. The first-order valence-electron chi connectivity index (χ1n) is 11.3. The minimum absolute atomic E-state index is 0.353. The Kier molecular flexibility index (Phi) is 5.87. The minimum Gasteiger partial charge on any atom is -0.342 e. The largest absolute Gasteiger partial charge is 0.342 e. The van der Waals surface area contributed by atoms with E-state index in [1.807, 2.05) is 0 Å². The lowest BCUT2D eigenvalue weighted by Crippen LogP contribution is -2.30. The standard InChI is InChI=1S/C24H36N2O/c1-3-22(23-17-26(16-18(23)2)24(27)21-10-11-21)20-8-6-19(7-9-20)12-15-25-13-4-5-14-25/h6-9,18,21-23H,3-5,10-17H2,1-2H3. The molecule has 2 saturated heterocycles. The average molecular weight is 369 g/mol. The van der Waals surface area contributed by atoms with Gasteiger partial charge in [-0.3, -0.25) is 4.79 Å². The molecule has 3 heteroatoms. The van der Waals surface area contributed by atoms with Gasteiger partial charge >= 0.3 is 0 Å². The maximum atomic E-state index is 12.5. The van der Waals surface area contributed by atoms with Gasteiger partial charge in [0.1, 0.15) is 0 Å². The molecule has 2 aliphatic heterocycles. The van der Waals surface area contributed by atoms with Crippen LogP contribution in [0.5, 0.6) is 0 Å². The van der Waals surface area contributed by atoms with E-state index in [0.717, 1.165) is 32.4 Å². The molecule has 3 atom stereocenters. The molecule has 0 aromatic heterocycles. The van der Waals surface area contributed by atoms with Gasteiger partial charge in [-0.15, -0.1) is 0 Å². The smallest absolute Gasteiger partial charge is 0.225 e. The highest BCUT2D eigenvalue weighted by Crippen LogP contribution is 2.40. The predicted molar refractivity (Wildman–Crippen MR) is 111 cm³/mol. The van der Waals surface area contributed by atoms with E-state index in [9.17, 15) is 4.79 Å². The van der Waals surface area contributed by atoms with E-state index in [2.05, 4.69) is 47.9 Å². The maximum Gasteiger partial charge on any atom is 0.225 e. The molecule has 3 fully saturated rings. The second-order valence-electron chi connectivity index (χ2n) is 9.21. The monoisotopic (exact) mass is 368 g/mol. The molecule has 0 bridgehead atoms. The summed E-state index contributed by atoms with van der Waals surface area (Å²) in [5.74, 6) is 2.56. The molecule has 0 radical (unpaired) electrons. The number of hydrogen-bond acceptors (Lipinski definition) is 2. The molecule has 3 unspecified atom stereocenters. The number of benzene rings is 1. The van der Waals surface area contributed by atoms with Crippen LogP contribution in [0.2, 0.25) is 0 Å². The molecule has 1 amide bonds. The summed E-state index contributed by atoms with van der Waals surface area (Å²) in [6.45, 7) is 10.4. The molecule has 0 N–H and O–H groups in total. The first-order valence-corrected chi connectivity index (χ1v) is 11.3. The number of rotatable bonds is 7. The summed E-state index contributed by atoms with van der Waals surface area (Å²) in [4.78, 5) is 17.3. The summed E-state index contributed by atoms with van der Waals surface area (Å²) in [6.07, 6.45) is 7.30. The quantitative estimate of drug-likeness (QED) is 0.715. The van der Waals surface area contributed by atoms with Crippen LogP contribution in [0.3, 0.4) is 0 Å². The fourth-order valence-electron chi connectivity index (χ4n) is 5.29. The molecule has 1 aromatic rings. The van der Waals surface area contributed by atoms with Crippen molar-refractivity contribution in [2.75, 3.05) is 32.7 Å². The third-order valence-corrected chi connectivity index (χ3v) is 7.19. The van der Waals surface area contributed by atoms with Crippen molar-refractivity contribution in [2.45, 2.75) is 58.3 Å². The van der Waals surface area contributed by atoms with E-state index in [1.54, 1.807) is 0 Å². The normalized spacial score (nSPS) is 27.3. The van der Waals surface area contributed by atoms with E-state index in [0.29, 0.717) is 29.6 Å². The van der Waals surface area contributed by atoms with Crippen molar-refractivity contribution in [1.29, 1.82) is 0 Å². The van der Waals surface area contributed by atoms with E-state index in [4.69, 9.17) is 0 Å². The molecule has 148 valence electrons. The van der Waals surface area contributed by atoms with Gasteiger partial charge in [0.25, 0.3) is 0 Å². The first-order chi connectivity index (χ1) is 13.2. The summed E-state index contributed by atoms with van der Waals surface area (Å²) in [5.41, 5.74) is 2.94. The van der Waals surface area contributed by atoms with Crippen LogP contribution in [0.1, 0.15) is 63.0 Å². The fraction of sp³-hybridized carbons (Fsp3) is 0.708. The Morgan fingerprint density at radius 1 is 1.11 bits per heavy atom. The van der Waals surface area contributed by atoms with Gasteiger partial charge < -0.3 is 9.80 Å². The van der Waals surface area contributed by atoms with Crippen LogP contribution in [0, 0.1) is 17.8 Å². The molecule has 0 spiro atoms. The van der Waals surface area contributed by atoms with E-state index in [1.165, 1.54) is 50.0 Å². The molecule has 27 heavy (non-hydrogen) atoms. The summed E-state index contributed by atoms with van der Waals surface area (Å²) in [7, 11) is 0. The van der Waals surface area contributed by atoms with Crippen LogP contribution in [-0.2, 0) is 11.2 Å². The van der Waals surface area contributed by atoms with Crippen LogP contribution in [0.15, 0.2) is 24.3 Å². The molecular weight excluding hydrogens is 332 g/mol. The maximum absolute atomic E-state index is 12.5. The average Bonchev–Trinajstić information content (AvgIpc) is 3.27. The molecule has 4 rings (SSSR count). The van der Waals surface area contributed by atoms with Gasteiger partial charge in [-0.25, -0.2) is 0 Å². The molecule has 3 aliphatic rings. The van der Waals surface area contributed by atoms with Crippen LogP contribution in [0.4, 0.5) is 0 Å². The Morgan fingerprint density at radius 2 is 1.81 bits per heavy atom. The van der Waals surface area contributed by atoms with Crippen LogP contribution < -0.4 is 0 Å². The van der Waals surface area contributed by atoms with Crippen molar-refractivity contribution in [3.8, 4) is 0 Å². The molecular formula is C24H36N2O. The number of carbonyl (C=O) groups excluding carboxylic acids is 1. The van der Waals surface area contributed by atoms with Gasteiger partial charge in [-0.05, 0) is 80.5 Å². The lowest BCUT2D eigenvalue weighted by atomic mass is 9.79. The summed E-state index contributed by atoms with van der Waals surface area (Å²) in [5, 5.41) is 0. The lowest BCUT2D eigenvalue weighted by molar-refractivity contribution is -0.131. The van der Waals surface area contributed by atoms with Crippen molar-refractivity contribution in [1.82, 2.24) is 9.80 Å². The molecule has 3 nitrogen and oxygen atoms in total. The lowest BCUT2D eigenvalue weighted by Gasteiger charge is -2.26. The molecule has 1 saturated carbocycles. The van der Waals surface area contributed by atoms with E-state index in [-0.39, 0.29) is 0 Å². The molecule has 1 aromatic carbocycles. The van der Waals surface area contributed by atoms with Crippen molar-refractivity contribution in [3.63, 3.8) is 0 Å². The highest BCUT2D eigenvalue weighted by molar-refractivity contribution is 5.81. The summed E-state index contributed by atoms with van der Waals surface area (Å²) in [6, 6.07) is 9.43. The SMILES string of the molecule is CCC(c1ccc(CCN2CCCC2)cc1)C1CN(C(=O)C2CC2)CC1C. The zero-order valence-electron chi connectivity index (χ0n) is 17.2. The Balaban J connectivity index is 1.37. The van der Waals surface area contributed by atoms with Gasteiger partial charge in [0, 0.05) is 25.6 Å². The zero-order valence-corrected chi connectivity index (χ0v) is 17.2. The van der Waals surface area contributed by atoms with Crippen LogP contribution >= 0.6 is 0 Å². The second-order valence-corrected chi connectivity index (χ2v) is 9.21. The van der Waals surface area contributed by atoms with Crippen LogP contribution in [0.25, 0.3) is 0 Å². The first kappa shape index (κ1) is 19.0. The number of nitrogens with zero attached hydrogens (tertiary/aromatic N) is 2. The number of likely N-dealkylation sites (tertiary alicyclic amines) is 2.